The number of carboxylic acids is 1. The molecule has 0 atom stereocenters. The maximum absolute atomic E-state index is 13.6. The summed E-state index contributed by atoms with van der Waals surface area (Å²) in [6.45, 7) is 12.5. The normalized spacial score (nSPS) is 10.8. The molecule has 53 heavy (non-hydrogen) atoms. The number of ether oxygens (including phenoxy) is 5. The van der Waals surface area contributed by atoms with Gasteiger partial charge in [-0.05, 0) is 116 Å². The minimum atomic E-state index is -1.20. The van der Waals surface area contributed by atoms with Gasteiger partial charge in [0.25, 0.3) is 0 Å². The monoisotopic (exact) mass is 794 g/mol. The highest BCUT2D eigenvalue weighted by Gasteiger charge is 2.31. The number of hydrogen-bond donors (Lipinski definition) is 4. The van der Waals surface area contributed by atoms with E-state index in [9.17, 15) is 39.6 Å². The van der Waals surface area contributed by atoms with E-state index in [0.717, 1.165) is 0 Å². The molecule has 0 aromatic heterocycles. The standard InChI is InChI=1S/C39H39BrO13/c1-11-23-19(6)29(36(44)45)34(50-10)21(8)33(23)52-38(47)27-16(3)13-24(20(7)31(27)42)51-39(48)28-17(4)18(5)35(30(40)32(28)43)53-37(46)26-15(2)12-22(41)14-25(26)49-9/h12-14,41-43H,11H2,1-10H3,(H,44,45). The van der Waals surface area contributed by atoms with E-state index in [4.69, 9.17) is 23.7 Å². The molecule has 0 saturated carbocycles. The number of hydrogen-bond acceptors (Lipinski definition) is 12. The second kappa shape index (κ2) is 15.5. The number of aromatic carboxylic acids is 1. The molecule has 13 nitrogen and oxygen atoms in total. The SMILES string of the molecule is CCc1c(C)c(C(=O)O)c(OC)c(C)c1OC(=O)c1c(C)cc(OC(=O)c2c(C)c(C)c(OC(=O)c3c(C)cc(O)cc3OC)c(Br)c2O)c(C)c1O. The summed E-state index contributed by atoms with van der Waals surface area (Å²) in [6.07, 6.45) is 0.330. The number of rotatable bonds is 10. The van der Waals surface area contributed by atoms with Crippen LogP contribution in [0.3, 0.4) is 0 Å². The molecule has 0 aliphatic rings. The van der Waals surface area contributed by atoms with Gasteiger partial charge >= 0.3 is 23.9 Å². The molecule has 4 rings (SSSR count). The number of esters is 3. The fourth-order valence-corrected chi connectivity index (χ4v) is 6.78. The van der Waals surface area contributed by atoms with Crippen LogP contribution in [0.25, 0.3) is 0 Å². The second-order valence-corrected chi connectivity index (χ2v) is 13.1. The Morgan fingerprint density at radius 3 is 1.72 bits per heavy atom. The quantitative estimate of drug-likeness (QED) is 0.0903. The fourth-order valence-electron chi connectivity index (χ4n) is 6.20. The van der Waals surface area contributed by atoms with Crippen molar-refractivity contribution in [3.8, 4) is 46.0 Å². The Morgan fingerprint density at radius 2 is 1.15 bits per heavy atom. The number of phenolic OH excluding ortho intramolecular Hbond substituents is 3. The molecular formula is C39H39BrO13. The third-order valence-electron chi connectivity index (χ3n) is 9.12. The van der Waals surface area contributed by atoms with Crippen LogP contribution in [-0.2, 0) is 6.42 Å². The second-order valence-electron chi connectivity index (χ2n) is 12.3. The smallest absolute Gasteiger partial charge is 0.347 e. The molecule has 4 N–H and O–H groups in total. The van der Waals surface area contributed by atoms with Gasteiger partial charge in [0.1, 0.15) is 67.0 Å². The van der Waals surface area contributed by atoms with Crippen LogP contribution in [0.15, 0.2) is 22.7 Å². The van der Waals surface area contributed by atoms with Gasteiger partial charge in [-0.3, -0.25) is 0 Å². The van der Waals surface area contributed by atoms with Crippen LogP contribution in [0.2, 0.25) is 0 Å². The largest absolute Gasteiger partial charge is 0.508 e. The summed E-state index contributed by atoms with van der Waals surface area (Å²) in [4.78, 5) is 52.5. The van der Waals surface area contributed by atoms with Crippen molar-refractivity contribution in [1.82, 2.24) is 0 Å². The fraction of sp³-hybridized carbons (Fsp3) is 0.282. The lowest BCUT2D eigenvalue weighted by Crippen LogP contribution is -2.17. The Bertz CT molecular complexity index is 2190. The van der Waals surface area contributed by atoms with E-state index in [2.05, 4.69) is 15.9 Å². The first-order valence-corrected chi connectivity index (χ1v) is 16.9. The third kappa shape index (κ3) is 7.18. The topological polar surface area (TPSA) is 195 Å². The number of phenols is 3. The van der Waals surface area contributed by atoms with Gasteiger partial charge < -0.3 is 44.1 Å². The predicted molar refractivity (Wildman–Crippen MR) is 196 cm³/mol. The van der Waals surface area contributed by atoms with Crippen LogP contribution in [0.1, 0.15) is 92.9 Å². The molecule has 0 heterocycles. The first kappa shape index (κ1) is 40.0. The van der Waals surface area contributed by atoms with E-state index >= 15 is 0 Å². The molecule has 0 unspecified atom stereocenters. The highest BCUT2D eigenvalue weighted by atomic mass is 79.9. The van der Waals surface area contributed by atoms with Crippen LogP contribution in [0.5, 0.6) is 46.0 Å². The number of aromatic hydroxyl groups is 3. The van der Waals surface area contributed by atoms with Crippen LogP contribution >= 0.6 is 15.9 Å². The first-order chi connectivity index (χ1) is 24.8. The molecule has 0 spiro atoms. The van der Waals surface area contributed by atoms with E-state index < -0.39 is 35.4 Å². The molecule has 0 radical (unpaired) electrons. The van der Waals surface area contributed by atoms with E-state index in [0.29, 0.717) is 28.7 Å². The number of halogens is 1. The van der Waals surface area contributed by atoms with Crippen LogP contribution < -0.4 is 23.7 Å². The van der Waals surface area contributed by atoms with Gasteiger partial charge in [-0.1, -0.05) is 6.92 Å². The number of aryl methyl sites for hydroxylation is 2. The number of carbonyl (C=O) groups is 4. The lowest BCUT2D eigenvalue weighted by molar-refractivity contribution is 0.0687. The number of carbonyl (C=O) groups excluding carboxylic acids is 3. The van der Waals surface area contributed by atoms with Gasteiger partial charge in [0, 0.05) is 17.2 Å². The zero-order chi connectivity index (χ0) is 39.8. The molecule has 0 saturated heterocycles. The molecule has 0 aliphatic carbocycles. The maximum atomic E-state index is 13.6. The third-order valence-corrected chi connectivity index (χ3v) is 9.85. The molecule has 0 amide bonds. The zero-order valence-corrected chi connectivity index (χ0v) is 32.4. The molecule has 0 fully saturated rings. The average molecular weight is 796 g/mol. The van der Waals surface area contributed by atoms with E-state index in [1.165, 1.54) is 53.2 Å². The summed E-state index contributed by atoms with van der Waals surface area (Å²) in [5, 5.41) is 42.1. The predicted octanol–water partition coefficient (Wildman–Crippen LogP) is 7.66. The highest BCUT2D eigenvalue weighted by Crippen LogP contribution is 2.44. The van der Waals surface area contributed by atoms with E-state index in [1.54, 1.807) is 34.6 Å². The Hall–Kier alpha value is -5.76. The van der Waals surface area contributed by atoms with Gasteiger partial charge in [0.2, 0.25) is 0 Å². The van der Waals surface area contributed by atoms with Gasteiger partial charge in [0.15, 0.2) is 5.75 Å². The van der Waals surface area contributed by atoms with Crippen molar-refractivity contribution in [1.29, 1.82) is 0 Å². The molecule has 14 heteroatoms. The van der Waals surface area contributed by atoms with Crippen molar-refractivity contribution in [2.75, 3.05) is 14.2 Å². The Kier molecular flexibility index (Phi) is 11.7. The van der Waals surface area contributed by atoms with Gasteiger partial charge in [-0.15, -0.1) is 0 Å². The highest BCUT2D eigenvalue weighted by molar-refractivity contribution is 9.10. The van der Waals surface area contributed by atoms with Crippen molar-refractivity contribution in [2.45, 2.75) is 61.8 Å². The lowest BCUT2D eigenvalue weighted by atomic mass is 9.94. The molecule has 0 aliphatic heterocycles. The zero-order valence-electron chi connectivity index (χ0n) is 30.8. The molecule has 4 aromatic carbocycles. The average Bonchev–Trinajstić information content (AvgIpc) is 3.08. The van der Waals surface area contributed by atoms with Crippen LogP contribution in [0, 0.1) is 48.5 Å². The summed E-state index contributed by atoms with van der Waals surface area (Å²) in [6, 6.07) is 3.98. The van der Waals surface area contributed by atoms with Crippen LogP contribution in [-0.4, -0.2) is 58.5 Å². The van der Waals surface area contributed by atoms with Gasteiger partial charge in [-0.25, -0.2) is 19.2 Å². The number of carboxylic acid groups (broad SMARTS) is 1. The molecule has 280 valence electrons. The first-order valence-electron chi connectivity index (χ1n) is 16.1. The van der Waals surface area contributed by atoms with E-state index in [-0.39, 0.29) is 83.5 Å². The van der Waals surface area contributed by atoms with Crippen LogP contribution in [0.4, 0.5) is 0 Å². The molecule has 0 bridgehead atoms. The lowest BCUT2D eigenvalue weighted by Gasteiger charge is -2.21. The van der Waals surface area contributed by atoms with Crippen molar-refractivity contribution >= 4 is 39.8 Å². The summed E-state index contributed by atoms with van der Waals surface area (Å²) in [5.41, 5.74) is 1.74. The number of methoxy groups -OCH3 is 2. The van der Waals surface area contributed by atoms with Crippen molar-refractivity contribution in [3.63, 3.8) is 0 Å². The summed E-state index contributed by atoms with van der Waals surface area (Å²) < 4.78 is 27.6. The molecular weight excluding hydrogens is 756 g/mol. The summed E-state index contributed by atoms with van der Waals surface area (Å²) in [7, 11) is 2.64. The van der Waals surface area contributed by atoms with Gasteiger partial charge in [-0.2, -0.15) is 0 Å². The Morgan fingerprint density at radius 1 is 0.585 bits per heavy atom. The maximum Gasteiger partial charge on any atom is 0.347 e. The van der Waals surface area contributed by atoms with Gasteiger partial charge in [0.05, 0.1) is 14.2 Å². The Balaban J connectivity index is 1.68. The summed E-state index contributed by atoms with van der Waals surface area (Å²) >= 11 is 3.23. The minimum Gasteiger partial charge on any atom is -0.508 e. The van der Waals surface area contributed by atoms with Crippen molar-refractivity contribution in [3.05, 3.63) is 89.4 Å². The van der Waals surface area contributed by atoms with Crippen molar-refractivity contribution in [2.24, 2.45) is 0 Å². The minimum absolute atomic E-state index is 0.00928. The Labute approximate surface area is 313 Å². The number of benzene rings is 4. The molecule has 4 aromatic rings. The van der Waals surface area contributed by atoms with E-state index in [1.807, 2.05) is 0 Å². The van der Waals surface area contributed by atoms with Crippen molar-refractivity contribution < 1.29 is 63.3 Å². The summed E-state index contributed by atoms with van der Waals surface area (Å²) in [5.74, 6) is -5.21.